The molecule has 3 aromatic rings. The van der Waals surface area contributed by atoms with Crippen LogP contribution in [0.2, 0.25) is 0 Å². The lowest BCUT2D eigenvalue weighted by atomic mass is 9.86. The van der Waals surface area contributed by atoms with Gasteiger partial charge in [-0.25, -0.2) is 0 Å². The number of nitrogens with one attached hydrogen (secondary N) is 1. The van der Waals surface area contributed by atoms with Gasteiger partial charge in [0.05, 0.1) is 19.7 Å². The van der Waals surface area contributed by atoms with Gasteiger partial charge < -0.3 is 19.5 Å². The number of allylic oxidation sites excluding steroid dienone is 1. The molecule has 2 unspecified atom stereocenters. The summed E-state index contributed by atoms with van der Waals surface area (Å²) in [5, 5.41) is 1.13. The first-order valence-electron chi connectivity index (χ1n) is 12.7. The van der Waals surface area contributed by atoms with Gasteiger partial charge in [0, 0.05) is 29.6 Å². The fraction of sp³-hybridized carbons (Fsp3) is 0.379. The first kappa shape index (κ1) is 22.0. The molecule has 1 saturated heterocycles. The molecule has 6 heteroatoms. The van der Waals surface area contributed by atoms with Gasteiger partial charge in [0.2, 0.25) is 11.8 Å². The summed E-state index contributed by atoms with van der Waals surface area (Å²) in [6.45, 7) is 0.763. The maximum Gasteiger partial charge on any atom is 0.246 e. The number of nitrogens with zero attached hydrogens (tertiary/aromatic N) is 2. The average molecular weight is 470 g/mol. The minimum Gasteiger partial charge on any atom is -0.497 e. The van der Waals surface area contributed by atoms with Gasteiger partial charge in [-0.05, 0) is 61.4 Å². The van der Waals surface area contributed by atoms with Crippen molar-refractivity contribution in [1.29, 1.82) is 0 Å². The zero-order valence-electron chi connectivity index (χ0n) is 20.1. The number of hydrogen-bond donors (Lipinski definition) is 1. The zero-order chi connectivity index (χ0) is 23.9. The Kier molecular flexibility index (Phi) is 5.59. The highest BCUT2D eigenvalue weighted by Crippen LogP contribution is 2.42. The third-order valence-corrected chi connectivity index (χ3v) is 7.86. The van der Waals surface area contributed by atoms with Gasteiger partial charge in [0.1, 0.15) is 11.8 Å². The number of fused-ring (bicyclic) bond motifs is 4. The van der Waals surface area contributed by atoms with E-state index < -0.39 is 6.04 Å². The van der Waals surface area contributed by atoms with Crippen LogP contribution in [0.25, 0.3) is 10.9 Å². The smallest absolute Gasteiger partial charge is 0.246 e. The van der Waals surface area contributed by atoms with E-state index >= 15 is 0 Å². The van der Waals surface area contributed by atoms with Gasteiger partial charge >= 0.3 is 0 Å². The molecule has 2 aromatic carbocycles. The van der Waals surface area contributed by atoms with Crippen molar-refractivity contribution in [3.8, 4) is 5.75 Å². The van der Waals surface area contributed by atoms with Gasteiger partial charge in [-0.15, -0.1) is 0 Å². The Morgan fingerprint density at radius 1 is 1.06 bits per heavy atom. The summed E-state index contributed by atoms with van der Waals surface area (Å²) in [6.07, 6.45) is 8.45. The number of amides is 2. The van der Waals surface area contributed by atoms with Crippen molar-refractivity contribution in [2.45, 2.75) is 50.6 Å². The van der Waals surface area contributed by atoms with Crippen LogP contribution >= 0.6 is 0 Å². The number of methoxy groups -OCH3 is 1. The number of aromatic amines is 1. The van der Waals surface area contributed by atoms with Crippen LogP contribution in [0.5, 0.6) is 5.75 Å². The standard InChI is InChI=1S/C29H31N3O3/c1-35-21-13-11-20(12-14-21)28-27-23(22-9-5-6-10-24(22)30-27)17-25-29(34)31(18-26(33)32(25)28)16-15-19-7-3-2-4-8-19/h5-7,9-14,25,28,30H,2-4,8,15-18H2,1H3. The fourth-order valence-electron chi connectivity index (χ4n) is 6.06. The number of piperazine rings is 1. The number of carbonyl (C=O) groups is 2. The van der Waals surface area contributed by atoms with Crippen LogP contribution in [0.3, 0.4) is 0 Å². The number of hydrogen-bond acceptors (Lipinski definition) is 3. The van der Waals surface area contributed by atoms with Gasteiger partial charge in [0.15, 0.2) is 0 Å². The van der Waals surface area contributed by atoms with E-state index in [9.17, 15) is 9.59 Å². The zero-order valence-corrected chi connectivity index (χ0v) is 20.1. The van der Waals surface area contributed by atoms with Crippen LogP contribution in [-0.2, 0) is 16.0 Å². The molecule has 180 valence electrons. The van der Waals surface area contributed by atoms with Gasteiger partial charge in [-0.1, -0.05) is 42.0 Å². The Morgan fingerprint density at radius 3 is 2.66 bits per heavy atom. The number of para-hydroxylation sites is 1. The van der Waals surface area contributed by atoms with Crippen molar-refractivity contribution < 1.29 is 14.3 Å². The van der Waals surface area contributed by atoms with E-state index in [1.165, 1.54) is 18.4 Å². The monoisotopic (exact) mass is 469 g/mol. The second-order valence-corrected chi connectivity index (χ2v) is 9.88. The molecule has 0 radical (unpaired) electrons. The van der Waals surface area contributed by atoms with Crippen molar-refractivity contribution in [2.75, 3.05) is 20.2 Å². The normalized spacial score (nSPS) is 22.1. The highest BCUT2D eigenvalue weighted by atomic mass is 16.5. The van der Waals surface area contributed by atoms with Crippen molar-refractivity contribution in [1.82, 2.24) is 14.8 Å². The maximum absolute atomic E-state index is 13.8. The molecular weight excluding hydrogens is 438 g/mol. The third kappa shape index (κ3) is 3.81. The SMILES string of the molecule is COc1ccc(C2c3[nH]c4ccccc4c3CC3C(=O)N(CCC4=CCCCC4)CC(=O)N32)cc1. The van der Waals surface area contributed by atoms with Crippen LogP contribution in [0.1, 0.15) is 55.0 Å². The molecule has 0 saturated carbocycles. The summed E-state index contributed by atoms with van der Waals surface area (Å²) in [5.41, 5.74) is 5.59. The number of ether oxygens (including phenoxy) is 1. The summed E-state index contributed by atoms with van der Waals surface area (Å²) in [7, 11) is 1.65. The molecule has 3 aliphatic rings. The van der Waals surface area contributed by atoms with E-state index in [0.29, 0.717) is 13.0 Å². The molecule has 2 aliphatic heterocycles. The van der Waals surface area contributed by atoms with Gasteiger partial charge in [0.25, 0.3) is 0 Å². The topological polar surface area (TPSA) is 65.6 Å². The Bertz CT molecular complexity index is 1310. The molecule has 6 nitrogen and oxygen atoms in total. The third-order valence-electron chi connectivity index (χ3n) is 7.86. The molecule has 0 bridgehead atoms. The molecule has 2 atom stereocenters. The van der Waals surface area contributed by atoms with E-state index in [2.05, 4.69) is 23.2 Å². The number of rotatable bonds is 5. The number of carbonyl (C=O) groups excluding carboxylic acids is 2. The second-order valence-electron chi connectivity index (χ2n) is 9.88. The molecule has 6 rings (SSSR count). The van der Waals surface area contributed by atoms with Crippen LogP contribution in [0.4, 0.5) is 0 Å². The average Bonchev–Trinajstić information content (AvgIpc) is 3.28. The second kappa shape index (κ2) is 8.91. The molecule has 35 heavy (non-hydrogen) atoms. The highest BCUT2D eigenvalue weighted by Gasteiger charge is 2.48. The van der Waals surface area contributed by atoms with E-state index in [4.69, 9.17) is 4.74 Å². The summed E-state index contributed by atoms with van der Waals surface area (Å²) in [5.74, 6) is 0.843. The lowest BCUT2D eigenvalue weighted by molar-refractivity contribution is -0.158. The Balaban J connectivity index is 1.38. The van der Waals surface area contributed by atoms with Crippen molar-refractivity contribution in [3.63, 3.8) is 0 Å². The number of aromatic nitrogens is 1. The van der Waals surface area contributed by atoms with Crippen LogP contribution in [0, 0.1) is 0 Å². The van der Waals surface area contributed by atoms with Crippen LogP contribution in [-0.4, -0.2) is 52.8 Å². The fourth-order valence-corrected chi connectivity index (χ4v) is 6.06. The molecule has 1 N–H and O–H groups in total. The molecule has 1 fully saturated rings. The summed E-state index contributed by atoms with van der Waals surface area (Å²) >= 11 is 0. The van der Waals surface area contributed by atoms with Gasteiger partial charge in [-0.3, -0.25) is 9.59 Å². The number of H-pyrrole nitrogens is 1. The predicted molar refractivity (Wildman–Crippen MR) is 135 cm³/mol. The Hall–Kier alpha value is -3.54. The Labute approximate surface area is 205 Å². The van der Waals surface area contributed by atoms with E-state index in [-0.39, 0.29) is 24.4 Å². The molecular formula is C29H31N3O3. The van der Waals surface area contributed by atoms with E-state index in [0.717, 1.165) is 52.7 Å². The first-order valence-corrected chi connectivity index (χ1v) is 12.7. The molecule has 1 aromatic heterocycles. The van der Waals surface area contributed by atoms with Crippen LogP contribution < -0.4 is 4.74 Å². The molecule has 1 aliphatic carbocycles. The molecule has 3 heterocycles. The molecule has 2 amide bonds. The van der Waals surface area contributed by atoms with E-state index in [1.54, 1.807) is 12.0 Å². The maximum atomic E-state index is 13.8. The largest absolute Gasteiger partial charge is 0.497 e. The minimum absolute atomic E-state index is 0.0114. The Morgan fingerprint density at radius 2 is 1.89 bits per heavy atom. The van der Waals surface area contributed by atoms with Gasteiger partial charge in [-0.2, -0.15) is 0 Å². The quantitative estimate of drug-likeness (QED) is 0.549. The number of benzene rings is 2. The minimum atomic E-state index is -0.490. The first-order chi connectivity index (χ1) is 17.1. The van der Waals surface area contributed by atoms with E-state index in [1.807, 2.05) is 41.3 Å². The summed E-state index contributed by atoms with van der Waals surface area (Å²) < 4.78 is 5.36. The summed E-state index contributed by atoms with van der Waals surface area (Å²) in [6, 6.07) is 15.2. The highest BCUT2D eigenvalue weighted by molar-refractivity contribution is 5.97. The lowest BCUT2D eigenvalue weighted by Crippen LogP contribution is -2.63. The summed E-state index contributed by atoms with van der Waals surface area (Å²) in [4.78, 5) is 34.7. The van der Waals surface area contributed by atoms with Crippen molar-refractivity contribution >= 4 is 22.7 Å². The molecule has 0 spiro atoms. The lowest BCUT2D eigenvalue weighted by Gasteiger charge is -2.47. The predicted octanol–water partition coefficient (Wildman–Crippen LogP) is 4.75. The van der Waals surface area contributed by atoms with Crippen molar-refractivity contribution in [3.05, 3.63) is 77.0 Å². The van der Waals surface area contributed by atoms with Crippen LogP contribution in [0.15, 0.2) is 60.2 Å². The van der Waals surface area contributed by atoms with Crippen molar-refractivity contribution in [2.24, 2.45) is 0 Å².